The van der Waals surface area contributed by atoms with Crippen LogP contribution in [0.25, 0.3) is 0 Å². The van der Waals surface area contributed by atoms with Crippen LogP contribution in [0.1, 0.15) is 32.3 Å². The Labute approximate surface area is 93.1 Å². The van der Waals surface area contributed by atoms with Gasteiger partial charge in [-0.1, -0.05) is 44.2 Å². The molecular formula is C14H21N. The van der Waals surface area contributed by atoms with E-state index in [-0.39, 0.29) is 0 Å². The van der Waals surface area contributed by atoms with E-state index in [4.69, 9.17) is 0 Å². The van der Waals surface area contributed by atoms with E-state index >= 15 is 0 Å². The number of benzene rings is 1. The zero-order chi connectivity index (χ0) is 10.7. The lowest BCUT2D eigenvalue weighted by Gasteiger charge is -2.38. The SMILES string of the molecule is CC1(C)CCCN(Cc2ccccc2)C1. The van der Waals surface area contributed by atoms with Gasteiger partial charge in [-0.25, -0.2) is 0 Å². The van der Waals surface area contributed by atoms with Crippen molar-refractivity contribution in [1.29, 1.82) is 0 Å². The second-order valence-electron chi connectivity index (χ2n) is 5.46. The molecule has 1 aliphatic heterocycles. The molecule has 1 fully saturated rings. The molecule has 1 aromatic rings. The van der Waals surface area contributed by atoms with Crippen LogP contribution in [0.4, 0.5) is 0 Å². The number of piperidine rings is 1. The van der Waals surface area contributed by atoms with E-state index < -0.39 is 0 Å². The molecule has 1 heteroatoms. The average Bonchev–Trinajstić information content (AvgIpc) is 2.17. The van der Waals surface area contributed by atoms with Crippen molar-refractivity contribution in [2.45, 2.75) is 33.2 Å². The highest BCUT2D eigenvalue weighted by Gasteiger charge is 2.25. The van der Waals surface area contributed by atoms with Gasteiger partial charge < -0.3 is 0 Å². The highest BCUT2D eigenvalue weighted by Crippen LogP contribution is 2.29. The summed E-state index contributed by atoms with van der Waals surface area (Å²) in [4.78, 5) is 2.58. The van der Waals surface area contributed by atoms with Crippen LogP contribution in [0.3, 0.4) is 0 Å². The van der Waals surface area contributed by atoms with Gasteiger partial charge in [-0.05, 0) is 30.4 Å². The van der Waals surface area contributed by atoms with Crippen molar-refractivity contribution in [2.24, 2.45) is 5.41 Å². The number of nitrogens with zero attached hydrogens (tertiary/aromatic N) is 1. The fourth-order valence-electron chi connectivity index (χ4n) is 2.52. The minimum Gasteiger partial charge on any atom is -0.299 e. The van der Waals surface area contributed by atoms with E-state index in [2.05, 4.69) is 49.1 Å². The van der Waals surface area contributed by atoms with Gasteiger partial charge in [-0.3, -0.25) is 4.90 Å². The summed E-state index contributed by atoms with van der Waals surface area (Å²) < 4.78 is 0. The predicted octanol–water partition coefficient (Wildman–Crippen LogP) is 3.31. The number of likely N-dealkylation sites (tertiary alicyclic amines) is 1. The van der Waals surface area contributed by atoms with Crippen LogP contribution in [0, 0.1) is 5.41 Å². The lowest BCUT2D eigenvalue weighted by molar-refractivity contribution is 0.112. The molecule has 1 heterocycles. The van der Waals surface area contributed by atoms with Gasteiger partial charge in [0.1, 0.15) is 0 Å². The monoisotopic (exact) mass is 203 g/mol. The van der Waals surface area contributed by atoms with Crippen molar-refractivity contribution < 1.29 is 0 Å². The Morgan fingerprint density at radius 3 is 2.60 bits per heavy atom. The van der Waals surface area contributed by atoms with Gasteiger partial charge in [0.15, 0.2) is 0 Å². The van der Waals surface area contributed by atoms with Crippen LogP contribution in [0.5, 0.6) is 0 Å². The van der Waals surface area contributed by atoms with Gasteiger partial charge in [-0.15, -0.1) is 0 Å². The van der Waals surface area contributed by atoms with Crippen LogP contribution in [-0.4, -0.2) is 18.0 Å². The van der Waals surface area contributed by atoms with Crippen molar-refractivity contribution in [3.8, 4) is 0 Å². The molecule has 82 valence electrons. The van der Waals surface area contributed by atoms with E-state index in [1.807, 2.05) is 0 Å². The van der Waals surface area contributed by atoms with Gasteiger partial charge in [0.2, 0.25) is 0 Å². The minimum absolute atomic E-state index is 0.507. The van der Waals surface area contributed by atoms with Crippen molar-refractivity contribution >= 4 is 0 Å². The zero-order valence-corrected chi connectivity index (χ0v) is 9.87. The van der Waals surface area contributed by atoms with Crippen molar-refractivity contribution in [1.82, 2.24) is 4.90 Å². The first-order chi connectivity index (χ1) is 7.16. The van der Waals surface area contributed by atoms with Crippen LogP contribution in [0.15, 0.2) is 30.3 Å². The predicted molar refractivity (Wildman–Crippen MR) is 64.7 cm³/mol. The summed E-state index contributed by atoms with van der Waals surface area (Å²) in [5.41, 5.74) is 1.95. The smallest absolute Gasteiger partial charge is 0.0233 e. The molecular weight excluding hydrogens is 182 g/mol. The minimum atomic E-state index is 0.507. The Morgan fingerprint density at radius 1 is 1.20 bits per heavy atom. The highest BCUT2D eigenvalue weighted by molar-refractivity contribution is 5.14. The second-order valence-corrected chi connectivity index (χ2v) is 5.46. The Morgan fingerprint density at radius 2 is 1.93 bits per heavy atom. The van der Waals surface area contributed by atoms with Gasteiger partial charge in [0.25, 0.3) is 0 Å². The first-order valence-electron chi connectivity index (χ1n) is 5.92. The molecule has 0 aromatic heterocycles. The third-order valence-electron chi connectivity index (χ3n) is 3.23. The molecule has 15 heavy (non-hydrogen) atoms. The summed E-state index contributed by atoms with van der Waals surface area (Å²) in [6, 6.07) is 10.8. The van der Waals surface area contributed by atoms with Crippen LogP contribution >= 0.6 is 0 Å². The van der Waals surface area contributed by atoms with E-state index in [1.54, 1.807) is 0 Å². The molecule has 0 unspecified atom stereocenters. The van der Waals surface area contributed by atoms with E-state index in [0.717, 1.165) is 6.54 Å². The first kappa shape index (κ1) is 10.7. The molecule has 0 radical (unpaired) electrons. The Kier molecular flexibility index (Phi) is 3.11. The van der Waals surface area contributed by atoms with Gasteiger partial charge in [0.05, 0.1) is 0 Å². The van der Waals surface area contributed by atoms with E-state index in [1.165, 1.54) is 31.5 Å². The van der Waals surface area contributed by atoms with Gasteiger partial charge in [-0.2, -0.15) is 0 Å². The molecule has 1 saturated heterocycles. The Hall–Kier alpha value is -0.820. The summed E-state index contributed by atoms with van der Waals surface area (Å²) >= 11 is 0. The number of hydrogen-bond acceptors (Lipinski definition) is 1. The van der Waals surface area contributed by atoms with E-state index in [0.29, 0.717) is 5.41 Å². The fourth-order valence-corrected chi connectivity index (χ4v) is 2.52. The molecule has 0 spiro atoms. The maximum atomic E-state index is 2.58. The quantitative estimate of drug-likeness (QED) is 0.713. The van der Waals surface area contributed by atoms with Crippen LogP contribution in [0.2, 0.25) is 0 Å². The zero-order valence-electron chi connectivity index (χ0n) is 9.87. The third-order valence-corrected chi connectivity index (χ3v) is 3.23. The number of hydrogen-bond donors (Lipinski definition) is 0. The topological polar surface area (TPSA) is 3.24 Å². The number of rotatable bonds is 2. The Balaban J connectivity index is 1.95. The molecule has 0 amide bonds. The van der Waals surface area contributed by atoms with E-state index in [9.17, 15) is 0 Å². The molecule has 1 aliphatic rings. The molecule has 1 aromatic carbocycles. The molecule has 0 atom stereocenters. The molecule has 0 aliphatic carbocycles. The highest BCUT2D eigenvalue weighted by atomic mass is 15.1. The normalized spacial score (nSPS) is 21.5. The Bertz CT molecular complexity index is 302. The summed E-state index contributed by atoms with van der Waals surface area (Å²) in [5.74, 6) is 0. The maximum Gasteiger partial charge on any atom is 0.0233 e. The summed E-state index contributed by atoms with van der Waals surface area (Å²) in [6.45, 7) is 8.37. The van der Waals surface area contributed by atoms with Crippen LogP contribution < -0.4 is 0 Å². The standard InChI is InChI=1S/C14H21N/c1-14(2)9-6-10-15(12-14)11-13-7-4-3-5-8-13/h3-5,7-8H,6,9-12H2,1-2H3. The van der Waals surface area contributed by atoms with Crippen molar-refractivity contribution in [3.63, 3.8) is 0 Å². The fraction of sp³-hybridized carbons (Fsp3) is 0.571. The van der Waals surface area contributed by atoms with Gasteiger partial charge >= 0.3 is 0 Å². The lowest BCUT2D eigenvalue weighted by atomic mass is 9.84. The first-order valence-corrected chi connectivity index (χ1v) is 5.92. The molecule has 1 nitrogen and oxygen atoms in total. The average molecular weight is 203 g/mol. The van der Waals surface area contributed by atoms with Crippen LogP contribution in [-0.2, 0) is 6.54 Å². The second kappa shape index (κ2) is 4.36. The summed E-state index contributed by atoms with van der Waals surface area (Å²) in [5, 5.41) is 0. The summed E-state index contributed by atoms with van der Waals surface area (Å²) in [7, 11) is 0. The van der Waals surface area contributed by atoms with Crippen molar-refractivity contribution in [3.05, 3.63) is 35.9 Å². The third kappa shape index (κ3) is 3.07. The molecule has 2 rings (SSSR count). The van der Waals surface area contributed by atoms with Crippen molar-refractivity contribution in [2.75, 3.05) is 13.1 Å². The largest absolute Gasteiger partial charge is 0.299 e. The summed E-state index contributed by atoms with van der Waals surface area (Å²) in [6.07, 6.45) is 2.72. The molecule has 0 N–H and O–H groups in total. The lowest BCUT2D eigenvalue weighted by Crippen LogP contribution is -2.39. The van der Waals surface area contributed by atoms with Gasteiger partial charge in [0, 0.05) is 13.1 Å². The maximum absolute atomic E-state index is 2.58. The molecule has 0 saturated carbocycles. The molecule has 0 bridgehead atoms.